The summed E-state index contributed by atoms with van der Waals surface area (Å²) < 4.78 is 5.70. The smallest absolute Gasteiger partial charge is 0.271 e. The maximum atomic E-state index is 12.0. The zero-order valence-corrected chi connectivity index (χ0v) is 13.7. The highest BCUT2D eigenvalue weighted by Crippen LogP contribution is 2.21. The summed E-state index contributed by atoms with van der Waals surface area (Å²) in [4.78, 5) is 24.2. The fraction of sp³-hybridized carbons (Fsp3) is 0.176. The molecule has 2 heterocycles. The molecule has 7 heteroatoms. The Bertz CT molecular complexity index is 849. The molecule has 2 aromatic heterocycles. The second-order valence-electron chi connectivity index (χ2n) is 5.11. The lowest BCUT2D eigenvalue weighted by atomic mass is 10.2. The molecule has 0 bridgehead atoms. The van der Waals surface area contributed by atoms with Gasteiger partial charge in [0.2, 0.25) is 5.89 Å². The van der Waals surface area contributed by atoms with E-state index >= 15 is 0 Å². The van der Waals surface area contributed by atoms with E-state index in [-0.39, 0.29) is 16.6 Å². The quantitative estimate of drug-likeness (QED) is 0.770. The Morgan fingerprint density at radius 1 is 1.29 bits per heavy atom. The van der Waals surface area contributed by atoms with Gasteiger partial charge in [-0.05, 0) is 19.1 Å². The molecule has 3 aromatic rings. The fourth-order valence-electron chi connectivity index (χ4n) is 2.22. The molecule has 1 aromatic carbocycles. The summed E-state index contributed by atoms with van der Waals surface area (Å²) in [6.07, 6.45) is 3.22. The van der Waals surface area contributed by atoms with Gasteiger partial charge in [-0.15, -0.1) is 0 Å². The molecule has 122 valence electrons. The molecule has 0 aliphatic heterocycles. The Kier molecular flexibility index (Phi) is 4.86. The van der Waals surface area contributed by atoms with Crippen molar-refractivity contribution < 1.29 is 9.21 Å². The molecule has 0 aliphatic rings. The number of amides is 1. The molecule has 0 unspecified atom stereocenters. The van der Waals surface area contributed by atoms with E-state index < -0.39 is 0 Å². The number of nitrogens with one attached hydrogen (secondary N) is 1. The zero-order valence-electron chi connectivity index (χ0n) is 13.0. The molecule has 0 fully saturated rings. The van der Waals surface area contributed by atoms with E-state index in [9.17, 15) is 4.79 Å². The Labute approximate surface area is 143 Å². The Morgan fingerprint density at radius 2 is 2.08 bits per heavy atom. The Morgan fingerprint density at radius 3 is 2.83 bits per heavy atom. The van der Waals surface area contributed by atoms with Crippen molar-refractivity contribution in [2.24, 2.45) is 0 Å². The van der Waals surface area contributed by atoms with Gasteiger partial charge in [0.25, 0.3) is 5.91 Å². The van der Waals surface area contributed by atoms with Crippen molar-refractivity contribution in [3.8, 4) is 11.5 Å². The van der Waals surface area contributed by atoms with Gasteiger partial charge in [-0.3, -0.25) is 4.79 Å². The lowest BCUT2D eigenvalue weighted by molar-refractivity contribution is 0.0949. The number of nitrogens with zero attached hydrogens (tertiary/aromatic N) is 3. The van der Waals surface area contributed by atoms with E-state index in [0.29, 0.717) is 18.9 Å². The monoisotopic (exact) mass is 342 g/mol. The van der Waals surface area contributed by atoms with Crippen molar-refractivity contribution in [1.82, 2.24) is 20.3 Å². The minimum atomic E-state index is -0.341. The van der Waals surface area contributed by atoms with Crippen LogP contribution in [0.5, 0.6) is 0 Å². The van der Waals surface area contributed by atoms with Gasteiger partial charge in [-0.2, -0.15) is 0 Å². The third-order valence-electron chi connectivity index (χ3n) is 3.44. The predicted octanol–water partition coefficient (Wildman–Crippen LogP) is 3.07. The number of rotatable bonds is 5. The van der Waals surface area contributed by atoms with Gasteiger partial charge in [-0.25, -0.2) is 15.0 Å². The molecule has 24 heavy (non-hydrogen) atoms. The summed E-state index contributed by atoms with van der Waals surface area (Å²) in [6.45, 7) is 2.26. The maximum Gasteiger partial charge on any atom is 0.271 e. The highest BCUT2D eigenvalue weighted by atomic mass is 35.5. The summed E-state index contributed by atoms with van der Waals surface area (Å²) in [5, 5.41) is 2.99. The average molecular weight is 343 g/mol. The van der Waals surface area contributed by atoms with Crippen molar-refractivity contribution in [1.29, 1.82) is 0 Å². The summed E-state index contributed by atoms with van der Waals surface area (Å²) in [6, 6.07) is 9.68. The van der Waals surface area contributed by atoms with Crippen molar-refractivity contribution in [3.63, 3.8) is 0 Å². The van der Waals surface area contributed by atoms with Crippen LogP contribution < -0.4 is 5.32 Å². The van der Waals surface area contributed by atoms with Gasteiger partial charge in [-0.1, -0.05) is 29.8 Å². The number of aromatic nitrogens is 3. The second-order valence-corrected chi connectivity index (χ2v) is 5.52. The van der Waals surface area contributed by atoms with Crippen LogP contribution >= 0.6 is 11.6 Å². The summed E-state index contributed by atoms with van der Waals surface area (Å²) in [5.74, 6) is 0.975. The molecule has 1 N–H and O–H groups in total. The first kappa shape index (κ1) is 16.1. The molecule has 1 amide bonds. The van der Waals surface area contributed by atoms with Gasteiger partial charge in [0.15, 0.2) is 0 Å². The molecule has 3 rings (SSSR count). The third-order valence-corrected chi connectivity index (χ3v) is 3.72. The third kappa shape index (κ3) is 3.60. The lowest BCUT2D eigenvalue weighted by Gasteiger charge is -2.04. The number of hydrogen-bond donors (Lipinski definition) is 1. The van der Waals surface area contributed by atoms with Crippen LogP contribution in [0.15, 0.2) is 47.3 Å². The molecular weight excluding hydrogens is 328 g/mol. The van der Waals surface area contributed by atoms with Crippen molar-refractivity contribution in [3.05, 3.63) is 65.0 Å². The van der Waals surface area contributed by atoms with Crippen LogP contribution in [0.2, 0.25) is 5.02 Å². The van der Waals surface area contributed by atoms with E-state index in [1.807, 2.05) is 37.3 Å². The van der Waals surface area contributed by atoms with E-state index in [2.05, 4.69) is 20.3 Å². The average Bonchev–Trinajstić information content (AvgIpc) is 2.97. The molecule has 0 atom stereocenters. The topological polar surface area (TPSA) is 80.9 Å². The Hall–Kier alpha value is -2.73. The van der Waals surface area contributed by atoms with Crippen molar-refractivity contribution in [2.45, 2.75) is 13.3 Å². The lowest BCUT2D eigenvalue weighted by Crippen LogP contribution is -2.27. The molecular formula is C17H15ClN4O2. The standard InChI is InChI=1S/C17H15ClN4O2/c1-11-14(22-17(24-11)12-5-3-2-4-6-12)7-8-20-16(23)15-13(18)9-19-10-21-15/h2-6,9-10H,7-8H2,1H3,(H,20,23). The summed E-state index contributed by atoms with van der Waals surface area (Å²) >= 11 is 5.90. The predicted molar refractivity (Wildman–Crippen MR) is 89.8 cm³/mol. The van der Waals surface area contributed by atoms with Gasteiger partial charge in [0.05, 0.1) is 10.7 Å². The first-order chi connectivity index (χ1) is 11.6. The number of carbonyl (C=O) groups is 1. The SMILES string of the molecule is Cc1oc(-c2ccccc2)nc1CCNC(=O)c1ncncc1Cl. The maximum absolute atomic E-state index is 12.0. The highest BCUT2D eigenvalue weighted by Gasteiger charge is 2.14. The minimum Gasteiger partial charge on any atom is -0.441 e. The Balaban J connectivity index is 1.62. The van der Waals surface area contributed by atoms with E-state index in [4.69, 9.17) is 16.0 Å². The van der Waals surface area contributed by atoms with E-state index in [1.165, 1.54) is 12.5 Å². The van der Waals surface area contributed by atoms with Crippen molar-refractivity contribution in [2.75, 3.05) is 6.54 Å². The molecule has 0 saturated heterocycles. The van der Waals surface area contributed by atoms with E-state index in [0.717, 1.165) is 17.0 Å². The number of hydrogen-bond acceptors (Lipinski definition) is 5. The first-order valence-corrected chi connectivity index (χ1v) is 7.78. The van der Waals surface area contributed by atoms with Crippen LogP contribution in [0.4, 0.5) is 0 Å². The molecule has 6 nitrogen and oxygen atoms in total. The van der Waals surface area contributed by atoms with Gasteiger partial charge in [0.1, 0.15) is 17.8 Å². The fourth-order valence-corrected chi connectivity index (χ4v) is 2.41. The largest absolute Gasteiger partial charge is 0.441 e. The molecule has 0 saturated carbocycles. The summed E-state index contributed by atoms with van der Waals surface area (Å²) in [7, 11) is 0. The summed E-state index contributed by atoms with van der Waals surface area (Å²) in [5.41, 5.74) is 1.89. The molecule has 0 spiro atoms. The van der Waals surface area contributed by atoms with Crippen LogP contribution in [-0.4, -0.2) is 27.4 Å². The van der Waals surface area contributed by atoms with Gasteiger partial charge < -0.3 is 9.73 Å². The minimum absolute atomic E-state index is 0.161. The van der Waals surface area contributed by atoms with Gasteiger partial charge >= 0.3 is 0 Å². The van der Waals surface area contributed by atoms with Crippen LogP contribution in [0.25, 0.3) is 11.5 Å². The number of halogens is 1. The van der Waals surface area contributed by atoms with Crippen LogP contribution in [-0.2, 0) is 6.42 Å². The van der Waals surface area contributed by atoms with Crippen molar-refractivity contribution >= 4 is 17.5 Å². The van der Waals surface area contributed by atoms with Crippen LogP contribution in [0, 0.1) is 6.92 Å². The molecule has 0 radical (unpaired) electrons. The van der Waals surface area contributed by atoms with Gasteiger partial charge in [0, 0.05) is 24.7 Å². The normalized spacial score (nSPS) is 10.6. The number of carbonyl (C=O) groups excluding carboxylic acids is 1. The zero-order chi connectivity index (χ0) is 16.9. The van der Waals surface area contributed by atoms with E-state index in [1.54, 1.807) is 0 Å². The second kappa shape index (κ2) is 7.23. The van der Waals surface area contributed by atoms with Crippen LogP contribution in [0.1, 0.15) is 21.9 Å². The number of aryl methyl sites for hydroxylation is 1. The first-order valence-electron chi connectivity index (χ1n) is 7.40. The van der Waals surface area contributed by atoms with Crippen LogP contribution in [0.3, 0.4) is 0 Å². The number of oxazole rings is 1. The number of benzene rings is 1. The highest BCUT2D eigenvalue weighted by molar-refractivity contribution is 6.33. The molecule has 0 aliphatic carbocycles.